The Morgan fingerprint density at radius 2 is 2.22 bits per heavy atom. The molecule has 1 fully saturated rings. The van der Waals surface area contributed by atoms with E-state index in [9.17, 15) is 19.5 Å². The van der Waals surface area contributed by atoms with Crippen LogP contribution in [0.4, 0.5) is 5.13 Å². The number of thioether (sulfide) groups is 1. The normalized spacial score (nSPS) is 19.6. The van der Waals surface area contributed by atoms with Crippen LogP contribution in [0.1, 0.15) is 18.4 Å². The molecule has 3 N–H and O–H groups in total. The van der Waals surface area contributed by atoms with E-state index in [-0.39, 0.29) is 64.2 Å². The molecule has 36 heavy (non-hydrogen) atoms. The van der Waals surface area contributed by atoms with Crippen LogP contribution in [0.15, 0.2) is 34.0 Å². The first-order valence-corrected chi connectivity index (χ1v) is 12.2. The molecule has 4 heterocycles. The molecule has 2 aromatic rings. The second-order valence-electron chi connectivity index (χ2n) is 7.26. The topological polar surface area (TPSA) is 194 Å². The Hall–Kier alpha value is -2.79. The van der Waals surface area contributed by atoms with Gasteiger partial charge in [-0.3, -0.25) is 14.5 Å². The van der Waals surface area contributed by atoms with Crippen LogP contribution in [0.5, 0.6) is 0 Å². The van der Waals surface area contributed by atoms with E-state index in [1.165, 1.54) is 16.4 Å². The molecule has 2 aliphatic rings. The van der Waals surface area contributed by atoms with Crippen molar-refractivity contribution in [3.63, 3.8) is 0 Å². The van der Waals surface area contributed by atoms with Crippen LogP contribution in [-0.2, 0) is 25.8 Å². The number of carbonyl (C=O) groups is 3. The monoisotopic (exact) mass is 541 g/mol. The van der Waals surface area contributed by atoms with Crippen LogP contribution in [0, 0.1) is 6.92 Å². The molecule has 0 spiro atoms. The second kappa shape index (κ2) is 12.0. The summed E-state index contributed by atoms with van der Waals surface area (Å²) in [5.41, 5.74) is 5.90. The number of nitrogens with zero attached hydrogens (tertiary/aromatic N) is 7. The number of carboxylic acid groups (broad SMARTS) is 1. The number of aliphatic carboxylic acids is 1. The molecule has 17 heteroatoms. The quantitative estimate of drug-likeness (QED) is 0.134. The van der Waals surface area contributed by atoms with Crippen LogP contribution in [0.3, 0.4) is 0 Å². The van der Waals surface area contributed by atoms with Gasteiger partial charge >= 0.3 is 29.6 Å². The van der Waals surface area contributed by atoms with Gasteiger partial charge in [0.15, 0.2) is 10.8 Å². The molecule has 0 bridgehead atoms. The summed E-state index contributed by atoms with van der Waals surface area (Å²) in [5, 5.41) is 30.6. The first-order chi connectivity index (χ1) is 16.8. The number of carboxylic acids is 1. The molecule has 2 aliphatic heterocycles. The molecule has 0 saturated carbocycles. The van der Waals surface area contributed by atoms with Crippen molar-refractivity contribution in [2.24, 2.45) is 5.16 Å². The maximum absolute atomic E-state index is 12.9. The summed E-state index contributed by atoms with van der Waals surface area (Å²) in [4.78, 5) is 47.9. The van der Waals surface area contributed by atoms with Gasteiger partial charge in [0.2, 0.25) is 0 Å². The van der Waals surface area contributed by atoms with E-state index < -0.39 is 29.2 Å². The fourth-order valence-corrected chi connectivity index (χ4v) is 5.28. The number of nitrogens with two attached hydrogens (primary N) is 1. The second-order valence-corrected chi connectivity index (χ2v) is 9.26. The molecule has 14 nitrogen and oxygen atoms in total. The summed E-state index contributed by atoms with van der Waals surface area (Å²) < 4.78 is 1.53. The van der Waals surface area contributed by atoms with Crippen molar-refractivity contribution in [2.45, 2.75) is 31.8 Å². The van der Waals surface area contributed by atoms with E-state index in [1.807, 2.05) is 0 Å². The smallest absolute Gasteiger partial charge is 0.543 e. The number of thiazole rings is 1. The number of hydrogen-bond acceptors (Lipinski definition) is 13. The molecule has 184 valence electrons. The molecule has 1 saturated heterocycles. The van der Waals surface area contributed by atoms with E-state index >= 15 is 0 Å². The predicted octanol–water partition coefficient (Wildman–Crippen LogP) is -4.57. The van der Waals surface area contributed by atoms with Gasteiger partial charge in [-0.2, -0.15) is 0 Å². The molecule has 0 radical (unpaired) electrons. The average Bonchev–Trinajstić information content (AvgIpc) is 3.44. The summed E-state index contributed by atoms with van der Waals surface area (Å²) in [7, 11) is 0. The Morgan fingerprint density at radius 1 is 1.44 bits per heavy atom. The Morgan fingerprint density at radius 3 is 2.83 bits per heavy atom. The number of oxime groups is 1. The molecular weight excluding hydrogens is 521 g/mol. The zero-order valence-corrected chi connectivity index (χ0v) is 23.2. The third kappa shape index (κ3) is 5.62. The Labute approximate surface area is 235 Å². The number of anilines is 1. The van der Waals surface area contributed by atoms with Crippen LogP contribution >= 0.6 is 23.1 Å². The van der Waals surface area contributed by atoms with Gasteiger partial charge in [-0.1, -0.05) is 17.3 Å². The van der Waals surface area contributed by atoms with Gasteiger partial charge in [0.05, 0.1) is 18.2 Å². The number of tetrazole rings is 1. The van der Waals surface area contributed by atoms with Crippen LogP contribution in [0.25, 0.3) is 0 Å². The molecule has 2 atom stereocenters. The van der Waals surface area contributed by atoms with Gasteiger partial charge in [-0.25, -0.2) is 9.67 Å². The Kier molecular flexibility index (Phi) is 9.24. The first-order valence-electron chi connectivity index (χ1n) is 10.3. The average molecular weight is 542 g/mol. The molecule has 0 aromatic carbocycles. The number of fused-ring (bicyclic) bond motifs is 1. The summed E-state index contributed by atoms with van der Waals surface area (Å²) in [5.74, 6) is -1.86. The third-order valence-corrected chi connectivity index (χ3v) is 7.03. The van der Waals surface area contributed by atoms with Gasteiger partial charge in [0.25, 0.3) is 11.8 Å². The SMILES string of the molecule is CCON=C(C(=O)NC1C(=O)N2C(C(=O)[O-])=C(/C=C/Cn3nnnc3C)CS[C@H]12)c1csc(N)n1.[Na+]. The summed E-state index contributed by atoms with van der Waals surface area (Å²) in [6.07, 6.45) is 3.30. The number of aromatic nitrogens is 5. The van der Waals surface area contributed by atoms with E-state index in [0.29, 0.717) is 17.9 Å². The fraction of sp³-hybridized carbons (Fsp3) is 0.368. The van der Waals surface area contributed by atoms with Crippen molar-refractivity contribution >= 4 is 51.7 Å². The largest absolute Gasteiger partial charge is 1.00 e. The van der Waals surface area contributed by atoms with Crippen LogP contribution in [-0.4, -0.2) is 77.4 Å². The first kappa shape index (κ1) is 27.8. The van der Waals surface area contributed by atoms with Crippen molar-refractivity contribution in [1.82, 2.24) is 35.4 Å². The maximum Gasteiger partial charge on any atom is 1.00 e. The van der Waals surface area contributed by atoms with Crippen molar-refractivity contribution in [3.8, 4) is 0 Å². The van der Waals surface area contributed by atoms with Crippen LogP contribution < -0.4 is 45.7 Å². The zero-order chi connectivity index (χ0) is 25.1. The molecule has 0 aliphatic carbocycles. The van der Waals surface area contributed by atoms with Gasteiger partial charge in [0, 0.05) is 11.1 Å². The minimum atomic E-state index is -1.48. The number of carbonyl (C=O) groups excluding carboxylic acids is 3. The maximum atomic E-state index is 12.9. The zero-order valence-electron chi connectivity index (χ0n) is 19.6. The number of hydrogen-bond donors (Lipinski definition) is 2. The van der Waals surface area contributed by atoms with Gasteiger partial charge in [-0.15, -0.1) is 28.2 Å². The third-order valence-electron chi connectivity index (χ3n) is 5.05. The standard InChI is InChI=1S/C19H21N9O5S2.Na/c1-3-33-24-12(11-8-35-19(20)21-11)15(29)22-13-16(30)28-14(18(31)32)10(7-34-17(13)28)5-4-6-27-9(2)23-25-26-27;/h4-5,8,13,17H,3,6-7H2,1-2H3,(H2,20,21)(H,22,29)(H,31,32);/q;+1/p-1/b5-4+,24-12?;/t13?,17-;/m1./s1. The van der Waals surface area contributed by atoms with Gasteiger partial charge in [-0.05, 0) is 29.8 Å². The van der Waals surface area contributed by atoms with Crippen molar-refractivity contribution in [2.75, 3.05) is 18.1 Å². The minimum absolute atomic E-state index is 0. The Balaban J connectivity index is 0.00000361. The van der Waals surface area contributed by atoms with Crippen molar-refractivity contribution < 1.29 is 53.9 Å². The molecular formula is C19H20N9NaO5S2. The number of aryl methyl sites for hydroxylation is 1. The summed E-state index contributed by atoms with van der Waals surface area (Å²) in [6.45, 7) is 3.98. The summed E-state index contributed by atoms with van der Waals surface area (Å²) in [6, 6.07) is -0.959. The van der Waals surface area contributed by atoms with E-state index in [2.05, 4.69) is 31.0 Å². The minimum Gasteiger partial charge on any atom is -0.543 e. The number of nitrogens with one attached hydrogen (secondary N) is 1. The van der Waals surface area contributed by atoms with Gasteiger partial charge in [0.1, 0.15) is 29.5 Å². The van der Waals surface area contributed by atoms with Crippen LogP contribution in [0.2, 0.25) is 0 Å². The van der Waals surface area contributed by atoms with E-state index in [0.717, 1.165) is 16.2 Å². The number of allylic oxidation sites excluding steroid dienone is 2. The number of amides is 2. The predicted molar refractivity (Wildman–Crippen MR) is 123 cm³/mol. The molecule has 2 amide bonds. The van der Waals surface area contributed by atoms with Crippen molar-refractivity contribution in [1.29, 1.82) is 0 Å². The number of rotatable bonds is 9. The number of β-lactam (4-membered cyclic amide) rings is 1. The Bertz CT molecular complexity index is 1260. The number of nitrogen functional groups attached to an aromatic ring is 1. The van der Waals surface area contributed by atoms with Crippen molar-refractivity contribution in [3.05, 3.63) is 40.3 Å². The summed E-state index contributed by atoms with van der Waals surface area (Å²) >= 11 is 2.44. The van der Waals surface area contributed by atoms with E-state index in [4.69, 9.17) is 10.6 Å². The fourth-order valence-electron chi connectivity index (χ4n) is 3.41. The molecule has 1 unspecified atom stereocenters. The molecule has 4 rings (SSSR count). The van der Waals surface area contributed by atoms with E-state index in [1.54, 1.807) is 31.4 Å². The molecule has 2 aromatic heterocycles. The van der Waals surface area contributed by atoms with Gasteiger partial charge < -0.3 is 25.8 Å².